The number of thiocarbonyl (C=S) groups is 1. The first-order valence-electron chi connectivity index (χ1n) is 9.37. The van der Waals surface area contributed by atoms with Crippen LogP contribution in [0.5, 0.6) is 0 Å². The lowest BCUT2D eigenvalue weighted by atomic mass is 10.1. The topological polar surface area (TPSA) is 123 Å². The Morgan fingerprint density at radius 1 is 0.939 bits per heavy atom. The van der Waals surface area contributed by atoms with Gasteiger partial charge in [0, 0.05) is 14.1 Å². The minimum absolute atomic E-state index is 0.00239. The summed E-state index contributed by atoms with van der Waals surface area (Å²) in [7, 11) is 6.88. The number of rotatable bonds is 6. The Balaban J connectivity index is 2.44. The van der Waals surface area contributed by atoms with Crippen molar-refractivity contribution in [3.05, 3.63) is 45.3 Å². The predicted octanol–water partition coefficient (Wildman–Crippen LogP) is 2.93. The zero-order valence-electron chi connectivity index (χ0n) is 18.9. The lowest BCUT2D eigenvalue weighted by Crippen LogP contribution is -2.22. The van der Waals surface area contributed by atoms with E-state index in [0.717, 1.165) is 11.3 Å². The van der Waals surface area contributed by atoms with Gasteiger partial charge < -0.3 is 29.7 Å². The van der Waals surface area contributed by atoms with Gasteiger partial charge in [0.15, 0.2) is 5.11 Å². The quantitative estimate of drug-likeness (QED) is 0.353. The van der Waals surface area contributed by atoms with Crippen LogP contribution in [-0.4, -0.2) is 69.3 Å². The first kappa shape index (κ1) is 25.7. The minimum atomic E-state index is -0.655. The maximum absolute atomic E-state index is 12.5. The van der Waals surface area contributed by atoms with Gasteiger partial charge >= 0.3 is 17.9 Å². The van der Waals surface area contributed by atoms with Crippen LogP contribution in [0.15, 0.2) is 18.2 Å². The molecule has 0 radical (unpaired) electrons. The molecule has 0 aliphatic rings. The number of anilines is 2. The number of nitrogens with zero attached hydrogens (tertiary/aromatic N) is 1. The van der Waals surface area contributed by atoms with Crippen molar-refractivity contribution < 1.29 is 33.4 Å². The van der Waals surface area contributed by atoms with E-state index in [1.807, 2.05) is 0 Å². The summed E-state index contributed by atoms with van der Waals surface area (Å²) in [4.78, 5) is 50.7. The van der Waals surface area contributed by atoms with Crippen LogP contribution in [0.1, 0.15) is 46.3 Å². The fourth-order valence-corrected chi connectivity index (χ4v) is 4.29. The van der Waals surface area contributed by atoms with Gasteiger partial charge in [-0.1, -0.05) is 0 Å². The smallest absolute Gasteiger partial charge is 0.341 e. The Hall–Kier alpha value is -3.51. The molecule has 0 aliphatic carbocycles. The molecule has 1 amide bonds. The molecule has 0 spiro atoms. The van der Waals surface area contributed by atoms with Gasteiger partial charge in [-0.15, -0.1) is 11.3 Å². The molecule has 0 atom stereocenters. The van der Waals surface area contributed by atoms with Crippen LogP contribution in [0, 0.1) is 6.92 Å². The van der Waals surface area contributed by atoms with E-state index in [1.165, 1.54) is 44.4 Å². The molecule has 2 N–H and O–H groups in total. The minimum Gasteiger partial charge on any atom is -0.465 e. The summed E-state index contributed by atoms with van der Waals surface area (Å²) in [5.74, 6) is -2.19. The van der Waals surface area contributed by atoms with E-state index in [4.69, 9.17) is 26.4 Å². The van der Waals surface area contributed by atoms with Crippen molar-refractivity contribution in [1.29, 1.82) is 0 Å². The zero-order valence-corrected chi connectivity index (χ0v) is 20.5. The van der Waals surface area contributed by atoms with E-state index in [0.29, 0.717) is 10.4 Å². The monoisotopic (exact) mass is 493 g/mol. The normalized spacial score (nSPS) is 10.1. The molecule has 0 unspecified atom stereocenters. The van der Waals surface area contributed by atoms with Crippen molar-refractivity contribution in [1.82, 2.24) is 4.90 Å². The van der Waals surface area contributed by atoms with E-state index in [2.05, 4.69) is 10.6 Å². The summed E-state index contributed by atoms with van der Waals surface area (Å²) in [6, 6.07) is 4.19. The van der Waals surface area contributed by atoms with Gasteiger partial charge in [-0.2, -0.15) is 0 Å². The maximum Gasteiger partial charge on any atom is 0.341 e. The number of carbonyl (C=O) groups is 4. The molecule has 0 saturated heterocycles. The van der Waals surface area contributed by atoms with Crippen molar-refractivity contribution in [2.75, 3.05) is 46.1 Å². The van der Waals surface area contributed by atoms with Crippen LogP contribution in [-0.2, 0) is 14.2 Å². The SMILES string of the molecule is COC(=O)c1ccc(C(=O)OC)c(NC(=S)Nc2sc(C(=O)N(C)C)c(C)c2C(=O)OC)c1. The Bertz CT molecular complexity index is 1130. The van der Waals surface area contributed by atoms with Gasteiger partial charge in [0.05, 0.1) is 48.6 Å². The number of ether oxygens (including phenoxy) is 3. The maximum atomic E-state index is 12.5. The second-order valence-corrected chi connectivity index (χ2v) is 8.20. The van der Waals surface area contributed by atoms with Crippen LogP contribution in [0.25, 0.3) is 0 Å². The van der Waals surface area contributed by atoms with Gasteiger partial charge in [0.25, 0.3) is 5.91 Å². The number of methoxy groups -OCH3 is 3. The van der Waals surface area contributed by atoms with Gasteiger partial charge in [0.1, 0.15) is 5.00 Å². The average Bonchev–Trinajstić information content (AvgIpc) is 3.11. The summed E-state index contributed by atoms with van der Waals surface area (Å²) in [6.45, 7) is 1.64. The average molecular weight is 494 g/mol. The number of amides is 1. The lowest BCUT2D eigenvalue weighted by molar-refractivity contribution is 0.0587. The number of hydrogen-bond acceptors (Lipinski definition) is 9. The Morgan fingerprint density at radius 3 is 2.09 bits per heavy atom. The van der Waals surface area contributed by atoms with Gasteiger partial charge in [-0.3, -0.25) is 4.79 Å². The Labute approximate surface area is 199 Å². The molecule has 1 heterocycles. The third kappa shape index (κ3) is 5.65. The molecular formula is C21H23N3O7S2. The summed E-state index contributed by atoms with van der Waals surface area (Å²) in [6.07, 6.45) is 0. The number of benzene rings is 1. The van der Waals surface area contributed by atoms with Crippen LogP contribution >= 0.6 is 23.6 Å². The Morgan fingerprint density at radius 2 is 1.55 bits per heavy atom. The van der Waals surface area contributed by atoms with Crippen LogP contribution in [0.2, 0.25) is 0 Å². The van der Waals surface area contributed by atoms with Gasteiger partial charge in [-0.05, 0) is 42.9 Å². The molecular weight excluding hydrogens is 470 g/mol. The molecule has 1 aromatic heterocycles. The summed E-state index contributed by atoms with van der Waals surface area (Å²) in [5, 5.41) is 5.99. The van der Waals surface area contributed by atoms with E-state index < -0.39 is 17.9 Å². The number of hydrogen-bond donors (Lipinski definition) is 2. The van der Waals surface area contributed by atoms with Crippen molar-refractivity contribution in [3.8, 4) is 0 Å². The third-order valence-corrected chi connectivity index (χ3v) is 5.86. The molecule has 10 nitrogen and oxygen atoms in total. The number of carbonyl (C=O) groups excluding carboxylic acids is 4. The summed E-state index contributed by atoms with van der Waals surface area (Å²) < 4.78 is 14.3. The standard InChI is InChI=1S/C21H23N3O7S2/c1-10-14(20(28)31-6)16(33-15(10)17(25)24(2)3)23-21(32)22-13-9-11(18(26)29-4)7-8-12(13)19(27)30-5/h7-9H,1-6H3,(H2,22,23,32). The van der Waals surface area contributed by atoms with Crippen LogP contribution < -0.4 is 10.6 Å². The highest BCUT2D eigenvalue weighted by Crippen LogP contribution is 2.34. The van der Waals surface area contributed by atoms with E-state index in [9.17, 15) is 19.2 Å². The molecule has 33 heavy (non-hydrogen) atoms. The first-order chi connectivity index (χ1) is 15.5. The van der Waals surface area contributed by atoms with Gasteiger partial charge in [-0.25, -0.2) is 14.4 Å². The Kier molecular flexibility index (Phi) is 8.49. The van der Waals surface area contributed by atoms with Gasteiger partial charge in [0.2, 0.25) is 0 Å². The lowest BCUT2D eigenvalue weighted by Gasteiger charge is -2.14. The number of esters is 3. The molecule has 2 rings (SSSR count). The van der Waals surface area contributed by atoms with Crippen molar-refractivity contribution >= 4 is 63.2 Å². The van der Waals surface area contributed by atoms with Crippen LogP contribution in [0.4, 0.5) is 10.7 Å². The highest BCUT2D eigenvalue weighted by Gasteiger charge is 2.27. The fraction of sp³-hybridized carbons (Fsp3) is 0.286. The molecule has 176 valence electrons. The molecule has 2 aromatic rings. The van der Waals surface area contributed by atoms with E-state index in [-0.39, 0.29) is 38.4 Å². The molecule has 0 fully saturated rings. The van der Waals surface area contributed by atoms with Crippen molar-refractivity contribution in [2.45, 2.75) is 6.92 Å². The largest absolute Gasteiger partial charge is 0.465 e. The molecule has 0 aliphatic heterocycles. The molecule has 1 aromatic carbocycles. The highest BCUT2D eigenvalue weighted by atomic mass is 32.1. The highest BCUT2D eigenvalue weighted by molar-refractivity contribution is 7.80. The third-order valence-electron chi connectivity index (χ3n) is 4.46. The molecule has 0 bridgehead atoms. The second-order valence-electron chi connectivity index (χ2n) is 6.77. The molecule has 12 heteroatoms. The van der Waals surface area contributed by atoms with Crippen molar-refractivity contribution in [3.63, 3.8) is 0 Å². The summed E-state index contributed by atoms with van der Waals surface area (Å²) in [5.41, 5.74) is 1.08. The first-order valence-corrected chi connectivity index (χ1v) is 10.6. The number of thiophene rings is 1. The predicted molar refractivity (Wildman–Crippen MR) is 127 cm³/mol. The molecule has 0 saturated carbocycles. The van der Waals surface area contributed by atoms with Crippen molar-refractivity contribution in [2.24, 2.45) is 0 Å². The van der Waals surface area contributed by atoms with E-state index in [1.54, 1.807) is 21.0 Å². The number of nitrogens with one attached hydrogen (secondary N) is 2. The van der Waals surface area contributed by atoms with Crippen LogP contribution in [0.3, 0.4) is 0 Å². The van der Waals surface area contributed by atoms with E-state index >= 15 is 0 Å². The zero-order chi connectivity index (χ0) is 24.9. The summed E-state index contributed by atoms with van der Waals surface area (Å²) >= 11 is 6.39. The second kappa shape index (κ2) is 10.9. The fourth-order valence-electron chi connectivity index (χ4n) is 2.79.